The molecule has 0 unspecified atom stereocenters. The second kappa shape index (κ2) is 7.42. The molecule has 1 heterocycles. The van der Waals surface area contributed by atoms with E-state index in [2.05, 4.69) is 29.1 Å². The van der Waals surface area contributed by atoms with Gasteiger partial charge in [0.15, 0.2) is 0 Å². The van der Waals surface area contributed by atoms with Gasteiger partial charge in [-0.1, -0.05) is 30.7 Å². The Morgan fingerprint density at radius 2 is 1.79 bits per heavy atom. The fourth-order valence-corrected chi connectivity index (χ4v) is 3.70. The lowest BCUT2D eigenvalue weighted by Gasteiger charge is -2.36. The predicted molar refractivity (Wildman–Crippen MR) is 98.1 cm³/mol. The van der Waals surface area contributed by atoms with Crippen LogP contribution >= 0.6 is 11.6 Å². The van der Waals surface area contributed by atoms with Crippen LogP contribution < -0.4 is 5.32 Å². The lowest BCUT2D eigenvalue weighted by atomic mass is 10.0. The summed E-state index contributed by atoms with van der Waals surface area (Å²) in [6.45, 7) is 8.24. The Morgan fingerprint density at radius 3 is 2.33 bits per heavy atom. The van der Waals surface area contributed by atoms with Gasteiger partial charge in [0, 0.05) is 31.2 Å². The summed E-state index contributed by atoms with van der Waals surface area (Å²) >= 11 is 6.01. The van der Waals surface area contributed by atoms with E-state index >= 15 is 0 Å². The third-order valence-corrected chi connectivity index (χ3v) is 5.84. The smallest absolute Gasteiger partial charge is 0.237 e. The minimum Gasteiger partial charge on any atom is -0.348 e. The van der Waals surface area contributed by atoms with Crippen molar-refractivity contribution < 1.29 is 4.79 Å². The van der Waals surface area contributed by atoms with Gasteiger partial charge in [0.1, 0.15) is 0 Å². The van der Waals surface area contributed by atoms with E-state index in [9.17, 15) is 4.79 Å². The third-order valence-electron chi connectivity index (χ3n) is 5.59. The van der Waals surface area contributed by atoms with Gasteiger partial charge in [0.25, 0.3) is 0 Å². The molecule has 2 aliphatic rings. The number of hydrogen-bond donors (Lipinski definition) is 1. The van der Waals surface area contributed by atoms with Crippen LogP contribution in [0.25, 0.3) is 0 Å². The largest absolute Gasteiger partial charge is 0.348 e. The molecule has 1 saturated carbocycles. The van der Waals surface area contributed by atoms with Gasteiger partial charge >= 0.3 is 0 Å². The number of halogens is 1. The van der Waals surface area contributed by atoms with E-state index in [0.29, 0.717) is 11.8 Å². The fourth-order valence-electron chi connectivity index (χ4n) is 3.57. The van der Waals surface area contributed by atoms with Crippen LogP contribution in [0.5, 0.6) is 0 Å². The van der Waals surface area contributed by atoms with Crippen molar-refractivity contribution in [1.82, 2.24) is 15.1 Å². The van der Waals surface area contributed by atoms with E-state index in [1.165, 1.54) is 6.42 Å². The van der Waals surface area contributed by atoms with Crippen molar-refractivity contribution >= 4 is 17.5 Å². The average molecular weight is 350 g/mol. The fraction of sp³-hybridized carbons (Fsp3) is 0.632. The van der Waals surface area contributed by atoms with Gasteiger partial charge in [0.05, 0.1) is 12.1 Å². The van der Waals surface area contributed by atoms with E-state index in [0.717, 1.165) is 36.8 Å². The van der Waals surface area contributed by atoms with Gasteiger partial charge in [-0.2, -0.15) is 0 Å². The number of likely N-dealkylation sites (N-methyl/N-ethyl adjacent to an activating group) is 1. The summed E-state index contributed by atoms with van der Waals surface area (Å²) in [5, 5.41) is 4.05. The van der Waals surface area contributed by atoms with Crippen LogP contribution in [0.15, 0.2) is 24.3 Å². The molecule has 1 aliphatic heterocycles. The van der Waals surface area contributed by atoms with Gasteiger partial charge in [-0.25, -0.2) is 0 Å². The maximum Gasteiger partial charge on any atom is 0.237 e. The molecule has 0 bridgehead atoms. The van der Waals surface area contributed by atoms with Crippen LogP contribution in [0.4, 0.5) is 0 Å². The van der Waals surface area contributed by atoms with E-state index in [4.69, 9.17) is 11.6 Å². The van der Waals surface area contributed by atoms with E-state index in [1.807, 2.05) is 31.2 Å². The molecule has 2 fully saturated rings. The number of piperazine rings is 1. The Morgan fingerprint density at radius 1 is 1.21 bits per heavy atom. The molecule has 1 N–H and O–H groups in total. The lowest BCUT2D eigenvalue weighted by Crippen LogP contribution is -2.53. The highest BCUT2D eigenvalue weighted by Gasteiger charge is 2.41. The summed E-state index contributed by atoms with van der Waals surface area (Å²) in [7, 11) is 2.13. The Balaban J connectivity index is 1.66. The van der Waals surface area contributed by atoms with Crippen molar-refractivity contribution in [2.24, 2.45) is 11.8 Å². The molecule has 1 amide bonds. The molecule has 5 heteroatoms. The monoisotopic (exact) mass is 349 g/mol. The van der Waals surface area contributed by atoms with E-state index < -0.39 is 0 Å². The third kappa shape index (κ3) is 4.11. The number of benzene rings is 1. The normalized spacial score (nSPS) is 27.5. The molecular weight excluding hydrogens is 322 g/mol. The first-order valence-corrected chi connectivity index (χ1v) is 9.32. The van der Waals surface area contributed by atoms with E-state index in [1.54, 1.807) is 0 Å². The maximum atomic E-state index is 12.8. The molecule has 4 nitrogen and oxygen atoms in total. The zero-order valence-corrected chi connectivity index (χ0v) is 15.6. The maximum absolute atomic E-state index is 12.8. The number of rotatable bonds is 5. The SMILES string of the molecule is C[C@@H]1C[C@@H]1[C@@H](NC(=O)[C@@H](C)N1CCN(C)CC1)c1ccc(Cl)cc1. The number of amides is 1. The molecule has 3 rings (SSSR count). The summed E-state index contributed by atoms with van der Waals surface area (Å²) < 4.78 is 0. The molecule has 1 aromatic rings. The summed E-state index contributed by atoms with van der Waals surface area (Å²) in [6.07, 6.45) is 1.18. The molecule has 1 aliphatic carbocycles. The number of carbonyl (C=O) groups is 1. The minimum absolute atomic E-state index is 0.0810. The number of hydrogen-bond acceptors (Lipinski definition) is 3. The number of nitrogens with zero attached hydrogens (tertiary/aromatic N) is 2. The van der Waals surface area contributed by atoms with Gasteiger partial charge in [-0.15, -0.1) is 0 Å². The average Bonchev–Trinajstić information content (AvgIpc) is 3.30. The van der Waals surface area contributed by atoms with Crippen LogP contribution in [0.2, 0.25) is 5.02 Å². The second-order valence-electron chi connectivity index (χ2n) is 7.43. The minimum atomic E-state index is -0.0810. The topological polar surface area (TPSA) is 35.6 Å². The van der Waals surface area contributed by atoms with Crippen molar-refractivity contribution in [3.05, 3.63) is 34.9 Å². The highest BCUT2D eigenvalue weighted by molar-refractivity contribution is 6.30. The lowest BCUT2D eigenvalue weighted by molar-refractivity contribution is -0.127. The molecule has 0 radical (unpaired) electrons. The quantitative estimate of drug-likeness (QED) is 0.887. The highest BCUT2D eigenvalue weighted by atomic mass is 35.5. The highest BCUT2D eigenvalue weighted by Crippen LogP contribution is 2.47. The summed E-state index contributed by atoms with van der Waals surface area (Å²) in [4.78, 5) is 17.4. The van der Waals surface area contributed by atoms with Crippen LogP contribution in [0.3, 0.4) is 0 Å². The van der Waals surface area contributed by atoms with Gasteiger partial charge in [-0.3, -0.25) is 9.69 Å². The molecule has 132 valence electrons. The van der Waals surface area contributed by atoms with Crippen LogP contribution in [-0.2, 0) is 4.79 Å². The number of nitrogens with one attached hydrogen (secondary N) is 1. The van der Waals surface area contributed by atoms with Gasteiger partial charge in [0.2, 0.25) is 5.91 Å². The van der Waals surface area contributed by atoms with Gasteiger partial charge < -0.3 is 10.2 Å². The first kappa shape index (κ1) is 17.7. The number of carbonyl (C=O) groups excluding carboxylic acids is 1. The second-order valence-corrected chi connectivity index (χ2v) is 7.87. The van der Waals surface area contributed by atoms with Crippen molar-refractivity contribution in [3.63, 3.8) is 0 Å². The summed E-state index contributed by atoms with van der Waals surface area (Å²) in [5.74, 6) is 1.35. The zero-order chi connectivity index (χ0) is 17.3. The summed E-state index contributed by atoms with van der Waals surface area (Å²) in [5.41, 5.74) is 1.16. The van der Waals surface area contributed by atoms with Crippen molar-refractivity contribution in [3.8, 4) is 0 Å². The van der Waals surface area contributed by atoms with Crippen molar-refractivity contribution in [1.29, 1.82) is 0 Å². The molecule has 4 atom stereocenters. The van der Waals surface area contributed by atoms with Crippen LogP contribution in [-0.4, -0.2) is 55.0 Å². The first-order chi connectivity index (χ1) is 11.5. The van der Waals surface area contributed by atoms with Crippen LogP contribution in [0, 0.1) is 11.8 Å². The molecular formula is C19H28ClN3O. The Labute approximate surface area is 150 Å². The molecule has 1 aromatic carbocycles. The summed E-state index contributed by atoms with van der Waals surface area (Å²) in [6, 6.07) is 7.92. The molecule has 0 aromatic heterocycles. The zero-order valence-electron chi connectivity index (χ0n) is 14.8. The van der Waals surface area contributed by atoms with Crippen molar-refractivity contribution in [2.45, 2.75) is 32.4 Å². The standard InChI is InChI=1S/C19H28ClN3O/c1-13-12-17(13)18(15-4-6-16(20)7-5-15)21-19(24)14(2)23-10-8-22(3)9-11-23/h4-7,13-14,17-18H,8-12H2,1-3H3,(H,21,24)/t13-,14-,17+,18+/m1/s1. The predicted octanol–water partition coefficient (Wildman–Crippen LogP) is 2.79. The van der Waals surface area contributed by atoms with E-state index in [-0.39, 0.29) is 18.0 Å². The first-order valence-electron chi connectivity index (χ1n) is 8.94. The Kier molecular flexibility index (Phi) is 5.48. The Bertz CT molecular complexity index is 568. The van der Waals surface area contributed by atoms with Gasteiger partial charge in [-0.05, 0) is 49.9 Å². The molecule has 1 saturated heterocycles. The molecule has 24 heavy (non-hydrogen) atoms. The van der Waals surface area contributed by atoms with Crippen LogP contribution in [0.1, 0.15) is 31.9 Å². The molecule has 0 spiro atoms. The van der Waals surface area contributed by atoms with Crippen molar-refractivity contribution in [2.75, 3.05) is 33.2 Å². The Hall–Kier alpha value is -1.10.